The van der Waals surface area contributed by atoms with E-state index in [0.29, 0.717) is 6.54 Å². The molecule has 3 heteroatoms. The molecule has 0 amide bonds. The molecule has 0 spiro atoms. The topological polar surface area (TPSA) is 42.4 Å². The van der Waals surface area contributed by atoms with Gasteiger partial charge < -0.3 is 10.2 Å². The maximum absolute atomic E-state index is 6.12. The van der Waals surface area contributed by atoms with Crippen molar-refractivity contribution in [1.82, 2.24) is 4.90 Å². The van der Waals surface area contributed by atoms with Gasteiger partial charge in [-0.15, -0.1) is 0 Å². The lowest BCUT2D eigenvalue weighted by atomic mass is 10.1. The van der Waals surface area contributed by atoms with E-state index in [1.54, 1.807) is 0 Å². The van der Waals surface area contributed by atoms with Crippen LogP contribution in [0.4, 0.5) is 0 Å². The van der Waals surface area contributed by atoms with Crippen molar-refractivity contribution in [1.29, 1.82) is 0 Å². The second kappa shape index (κ2) is 7.95. The van der Waals surface area contributed by atoms with Gasteiger partial charge in [0.25, 0.3) is 0 Å². The fraction of sp³-hybridized carbons (Fsp3) is 0.238. The van der Waals surface area contributed by atoms with Crippen LogP contribution in [0.25, 0.3) is 0 Å². The fourth-order valence-electron chi connectivity index (χ4n) is 2.99. The molecule has 0 aliphatic rings. The Morgan fingerprint density at radius 3 is 1.79 bits per heavy atom. The zero-order valence-corrected chi connectivity index (χ0v) is 14.1. The predicted octanol–water partition coefficient (Wildman–Crippen LogP) is 4.29. The molecular weight excluding hydrogens is 296 g/mol. The molecule has 0 radical (unpaired) electrons. The van der Waals surface area contributed by atoms with E-state index in [-0.39, 0.29) is 6.04 Å². The van der Waals surface area contributed by atoms with Crippen LogP contribution < -0.4 is 5.73 Å². The van der Waals surface area contributed by atoms with Gasteiger partial charge in [-0.2, -0.15) is 0 Å². The molecule has 0 bridgehead atoms. The Hall–Kier alpha value is -2.36. The Balaban J connectivity index is 1.87. The highest BCUT2D eigenvalue weighted by Gasteiger charge is 2.22. The molecule has 3 aromatic rings. The van der Waals surface area contributed by atoms with Gasteiger partial charge in [-0.05, 0) is 30.2 Å². The summed E-state index contributed by atoms with van der Waals surface area (Å²) < 4.78 is 5.87. The van der Waals surface area contributed by atoms with Crippen molar-refractivity contribution in [3.63, 3.8) is 0 Å². The van der Waals surface area contributed by atoms with Gasteiger partial charge in [0.05, 0.1) is 6.04 Å². The number of rotatable bonds is 7. The Morgan fingerprint density at radius 2 is 1.38 bits per heavy atom. The number of aryl methyl sites for hydroxylation is 1. The van der Waals surface area contributed by atoms with Crippen LogP contribution in [0.3, 0.4) is 0 Å². The van der Waals surface area contributed by atoms with E-state index >= 15 is 0 Å². The van der Waals surface area contributed by atoms with Crippen LogP contribution in [-0.4, -0.2) is 11.4 Å². The number of benzene rings is 2. The molecule has 0 aliphatic carbocycles. The van der Waals surface area contributed by atoms with Gasteiger partial charge in [0, 0.05) is 19.6 Å². The molecule has 24 heavy (non-hydrogen) atoms. The van der Waals surface area contributed by atoms with Crippen molar-refractivity contribution in [2.75, 3.05) is 6.54 Å². The first kappa shape index (κ1) is 16.5. The molecule has 1 atom stereocenters. The average Bonchev–Trinajstić information content (AvgIpc) is 3.03. The van der Waals surface area contributed by atoms with Crippen LogP contribution in [0.5, 0.6) is 0 Å². The van der Waals surface area contributed by atoms with Gasteiger partial charge in [0.15, 0.2) is 0 Å². The van der Waals surface area contributed by atoms with Crippen LogP contribution in [-0.2, 0) is 13.1 Å². The Morgan fingerprint density at radius 1 is 0.833 bits per heavy atom. The van der Waals surface area contributed by atoms with E-state index in [1.807, 2.05) is 31.2 Å². The van der Waals surface area contributed by atoms with E-state index in [9.17, 15) is 0 Å². The highest BCUT2D eigenvalue weighted by atomic mass is 16.3. The molecule has 2 aromatic carbocycles. The van der Waals surface area contributed by atoms with Crippen LogP contribution in [0, 0.1) is 6.92 Å². The number of nitrogens with two attached hydrogens (primary N) is 1. The van der Waals surface area contributed by atoms with Gasteiger partial charge in [-0.3, -0.25) is 4.90 Å². The zero-order chi connectivity index (χ0) is 16.8. The van der Waals surface area contributed by atoms with E-state index in [0.717, 1.165) is 24.6 Å². The summed E-state index contributed by atoms with van der Waals surface area (Å²) in [4.78, 5) is 2.38. The lowest BCUT2D eigenvalue weighted by molar-refractivity contribution is 0.161. The minimum atomic E-state index is 0.0547. The summed E-state index contributed by atoms with van der Waals surface area (Å²) in [5, 5.41) is 0. The third kappa shape index (κ3) is 4.13. The summed E-state index contributed by atoms with van der Waals surface area (Å²) >= 11 is 0. The minimum Gasteiger partial charge on any atom is -0.465 e. The second-order valence-corrected chi connectivity index (χ2v) is 6.08. The van der Waals surface area contributed by atoms with E-state index < -0.39 is 0 Å². The molecule has 1 unspecified atom stereocenters. The first-order valence-electron chi connectivity index (χ1n) is 8.34. The maximum atomic E-state index is 6.12. The Bertz CT molecular complexity index is 695. The molecule has 0 saturated carbocycles. The fourth-order valence-corrected chi connectivity index (χ4v) is 2.99. The molecule has 0 aliphatic heterocycles. The average molecular weight is 320 g/mol. The molecule has 0 fully saturated rings. The molecule has 1 heterocycles. The molecule has 124 valence electrons. The van der Waals surface area contributed by atoms with Crippen molar-refractivity contribution < 1.29 is 4.42 Å². The van der Waals surface area contributed by atoms with E-state index in [2.05, 4.69) is 53.4 Å². The van der Waals surface area contributed by atoms with Crippen molar-refractivity contribution in [2.45, 2.75) is 26.1 Å². The van der Waals surface area contributed by atoms with Gasteiger partial charge in [-0.25, -0.2) is 0 Å². The number of nitrogens with zero attached hydrogens (tertiary/aromatic N) is 1. The zero-order valence-electron chi connectivity index (χ0n) is 14.1. The standard InChI is InChI=1S/C21H24N2O/c1-17-12-13-21(24-17)20(14-22)23(15-18-8-4-2-5-9-18)16-19-10-6-3-7-11-19/h2-13,20H,14-16,22H2,1H3. The summed E-state index contributed by atoms with van der Waals surface area (Å²) in [5.41, 5.74) is 8.67. The van der Waals surface area contributed by atoms with Crippen LogP contribution in [0.1, 0.15) is 28.7 Å². The van der Waals surface area contributed by atoms with Crippen molar-refractivity contribution in [3.05, 3.63) is 95.4 Å². The van der Waals surface area contributed by atoms with Gasteiger partial charge in [0.1, 0.15) is 11.5 Å². The number of furan rings is 1. The van der Waals surface area contributed by atoms with Crippen LogP contribution in [0.15, 0.2) is 77.2 Å². The van der Waals surface area contributed by atoms with Crippen molar-refractivity contribution in [2.24, 2.45) is 5.73 Å². The number of hydrogen-bond donors (Lipinski definition) is 1. The van der Waals surface area contributed by atoms with Gasteiger partial charge in [0.2, 0.25) is 0 Å². The maximum Gasteiger partial charge on any atom is 0.122 e. The summed E-state index contributed by atoms with van der Waals surface area (Å²) in [5.74, 6) is 1.85. The summed E-state index contributed by atoms with van der Waals surface area (Å²) in [6, 6.07) is 25.1. The lowest BCUT2D eigenvalue weighted by Crippen LogP contribution is -2.32. The first-order chi connectivity index (χ1) is 11.8. The molecular formula is C21H24N2O. The summed E-state index contributed by atoms with van der Waals surface area (Å²) in [7, 11) is 0. The third-order valence-corrected chi connectivity index (χ3v) is 4.21. The minimum absolute atomic E-state index is 0.0547. The van der Waals surface area contributed by atoms with Crippen molar-refractivity contribution in [3.8, 4) is 0 Å². The third-order valence-electron chi connectivity index (χ3n) is 4.21. The van der Waals surface area contributed by atoms with E-state index in [1.165, 1.54) is 11.1 Å². The predicted molar refractivity (Wildman–Crippen MR) is 97.4 cm³/mol. The summed E-state index contributed by atoms with van der Waals surface area (Å²) in [6.07, 6.45) is 0. The summed E-state index contributed by atoms with van der Waals surface area (Å²) in [6.45, 7) is 4.15. The first-order valence-corrected chi connectivity index (χ1v) is 8.34. The van der Waals surface area contributed by atoms with Gasteiger partial charge >= 0.3 is 0 Å². The highest BCUT2D eigenvalue weighted by molar-refractivity contribution is 5.19. The van der Waals surface area contributed by atoms with Crippen molar-refractivity contribution >= 4 is 0 Å². The lowest BCUT2D eigenvalue weighted by Gasteiger charge is -2.30. The normalized spacial score (nSPS) is 12.5. The number of hydrogen-bond acceptors (Lipinski definition) is 3. The molecule has 3 rings (SSSR count). The molecule has 1 aromatic heterocycles. The van der Waals surface area contributed by atoms with E-state index in [4.69, 9.17) is 10.2 Å². The second-order valence-electron chi connectivity index (χ2n) is 6.08. The van der Waals surface area contributed by atoms with Crippen LogP contribution in [0.2, 0.25) is 0 Å². The largest absolute Gasteiger partial charge is 0.465 e. The monoisotopic (exact) mass is 320 g/mol. The highest BCUT2D eigenvalue weighted by Crippen LogP contribution is 2.26. The van der Waals surface area contributed by atoms with Gasteiger partial charge in [-0.1, -0.05) is 60.7 Å². The molecule has 2 N–H and O–H groups in total. The smallest absolute Gasteiger partial charge is 0.122 e. The molecule has 0 saturated heterocycles. The Labute approximate surface area is 143 Å². The molecule has 3 nitrogen and oxygen atoms in total. The van der Waals surface area contributed by atoms with Crippen LogP contribution >= 0.6 is 0 Å². The Kier molecular flexibility index (Phi) is 5.47. The quantitative estimate of drug-likeness (QED) is 0.706. The SMILES string of the molecule is Cc1ccc(C(CN)N(Cc2ccccc2)Cc2ccccc2)o1.